The molecule has 3 aromatic carbocycles. The van der Waals surface area contributed by atoms with Crippen LogP contribution in [-0.4, -0.2) is 19.2 Å². The third kappa shape index (κ3) is 5.17. The maximum atomic E-state index is 12.4. The molecule has 0 aliphatic carbocycles. The molecule has 0 aromatic heterocycles. The van der Waals surface area contributed by atoms with Gasteiger partial charge in [0.1, 0.15) is 0 Å². The van der Waals surface area contributed by atoms with E-state index in [4.69, 9.17) is 0 Å². The zero-order chi connectivity index (χ0) is 20.9. The summed E-state index contributed by atoms with van der Waals surface area (Å²) in [7, 11) is -3.91. The maximum Gasteiger partial charge on any atom is 0.269 e. The fourth-order valence-electron chi connectivity index (χ4n) is 2.53. The molecule has 0 saturated carbocycles. The van der Waals surface area contributed by atoms with Gasteiger partial charge in [0.05, 0.1) is 9.82 Å². The van der Waals surface area contributed by atoms with E-state index in [1.54, 1.807) is 0 Å². The number of carbonyl (C=O) groups excluding carboxylic acids is 1. The number of nitrogens with zero attached hydrogens (tertiary/aromatic N) is 1. The summed E-state index contributed by atoms with van der Waals surface area (Å²) in [6, 6.07) is 20.0. The van der Waals surface area contributed by atoms with Gasteiger partial charge in [-0.25, -0.2) is 8.42 Å². The van der Waals surface area contributed by atoms with Gasteiger partial charge < -0.3 is 5.32 Å². The van der Waals surface area contributed by atoms with Crippen LogP contribution < -0.4 is 10.0 Å². The molecule has 0 aliphatic heterocycles. The summed E-state index contributed by atoms with van der Waals surface area (Å²) in [5.41, 5.74) is 1.42. The van der Waals surface area contributed by atoms with E-state index in [0.717, 1.165) is 29.8 Å². The summed E-state index contributed by atoms with van der Waals surface area (Å²) in [5, 5.41) is 13.5. The first-order chi connectivity index (χ1) is 13.8. The Morgan fingerprint density at radius 3 is 2.10 bits per heavy atom. The molecule has 2 N–H and O–H groups in total. The van der Waals surface area contributed by atoms with Crippen molar-refractivity contribution in [1.82, 2.24) is 5.32 Å². The highest BCUT2D eigenvalue weighted by Gasteiger charge is 2.16. The minimum absolute atomic E-state index is 0.104. The second-order valence-corrected chi connectivity index (χ2v) is 7.78. The van der Waals surface area contributed by atoms with Gasteiger partial charge in [-0.05, 0) is 42.0 Å². The van der Waals surface area contributed by atoms with Gasteiger partial charge in [-0.1, -0.05) is 30.3 Å². The van der Waals surface area contributed by atoms with E-state index in [0.29, 0.717) is 12.1 Å². The molecule has 0 atom stereocenters. The van der Waals surface area contributed by atoms with Crippen LogP contribution >= 0.6 is 0 Å². The number of anilines is 1. The maximum absolute atomic E-state index is 12.4. The smallest absolute Gasteiger partial charge is 0.269 e. The number of nitrogens with one attached hydrogen (secondary N) is 2. The van der Waals surface area contributed by atoms with Gasteiger partial charge in [0, 0.05) is 29.9 Å². The lowest BCUT2D eigenvalue weighted by molar-refractivity contribution is -0.384. The van der Waals surface area contributed by atoms with Gasteiger partial charge in [0.15, 0.2) is 0 Å². The molecule has 3 aromatic rings. The SMILES string of the molecule is O=C(NCc1ccccc1)c1ccc(NS(=O)(=O)c2ccc([N+](=O)[O-])cc2)cc1. The Kier molecular flexibility index (Phi) is 5.89. The van der Waals surface area contributed by atoms with Crippen LogP contribution in [0.5, 0.6) is 0 Å². The van der Waals surface area contributed by atoms with Crippen molar-refractivity contribution in [3.63, 3.8) is 0 Å². The lowest BCUT2D eigenvalue weighted by atomic mass is 10.2. The highest BCUT2D eigenvalue weighted by molar-refractivity contribution is 7.92. The van der Waals surface area contributed by atoms with Gasteiger partial charge in [-0.15, -0.1) is 0 Å². The lowest BCUT2D eigenvalue weighted by Gasteiger charge is -2.09. The summed E-state index contributed by atoms with van der Waals surface area (Å²) in [6.45, 7) is 0.383. The predicted molar refractivity (Wildman–Crippen MR) is 108 cm³/mol. The average Bonchev–Trinajstić information content (AvgIpc) is 2.73. The number of rotatable bonds is 7. The van der Waals surface area contributed by atoms with Gasteiger partial charge in [-0.2, -0.15) is 0 Å². The Balaban J connectivity index is 1.64. The fourth-order valence-corrected chi connectivity index (χ4v) is 3.59. The summed E-state index contributed by atoms with van der Waals surface area (Å²) in [6.07, 6.45) is 0. The van der Waals surface area contributed by atoms with Crippen LogP contribution in [0.4, 0.5) is 11.4 Å². The Labute approximate surface area is 167 Å². The quantitative estimate of drug-likeness (QED) is 0.457. The first kappa shape index (κ1) is 20.0. The van der Waals surface area contributed by atoms with E-state index in [2.05, 4.69) is 10.0 Å². The molecule has 0 aliphatic rings. The monoisotopic (exact) mass is 411 g/mol. The summed E-state index contributed by atoms with van der Waals surface area (Å²) >= 11 is 0. The molecule has 0 bridgehead atoms. The van der Waals surface area contributed by atoms with Crippen LogP contribution in [0.15, 0.2) is 83.8 Å². The van der Waals surface area contributed by atoms with Crippen molar-refractivity contribution in [2.75, 3.05) is 4.72 Å². The first-order valence-electron chi connectivity index (χ1n) is 8.54. The third-order valence-corrected chi connectivity index (χ3v) is 5.45. The van der Waals surface area contributed by atoms with Crippen molar-refractivity contribution in [1.29, 1.82) is 0 Å². The van der Waals surface area contributed by atoms with Crippen LogP contribution in [0.1, 0.15) is 15.9 Å². The summed E-state index contributed by atoms with van der Waals surface area (Å²) in [4.78, 5) is 22.2. The number of sulfonamides is 1. The first-order valence-corrected chi connectivity index (χ1v) is 10.0. The topological polar surface area (TPSA) is 118 Å². The minimum Gasteiger partial charge on any atom is -0.348 e. The largest absolute Gasteiger partial charge is 0.348 e. The normalized spacial score (nSPS) is 10.9. The van der Waals surface area contributed by atoms with E-state index in [1.165, 1.54) is 24.3 Å². The second-order valence-electron chi connectivity index (χ2n) is 6.10. The molecule has 0 fully saturated rings. The molecule has 3 rings (SSSR count). The molecule has 8 nitrogen and oxygen atoms in total. The molecule has 0 spiro atoms. The summed E-state index contributed by atoms with van der Waals surface area (Å²) < 4.78 is 27.2. The Morgan fingerprint density at radius 2 is 1.52 bits per heavy atom. The molecule has 9 heteroatoms. The predicted octanol–water partition coefficient (Wildman–Crippen LogP) is 3.33. The van der Waals surface area contributed by atoms with Gasteiger partial charge >= 0.3 is 0 Å². The molecule has 0 radical (unpaired) electrons. The van der Waals surface area contributed by atoms with E-state index in [9.17, 15) is 23.3 Å². The van der Waals surface area contributed by atoms with Crippen LogP contribution in [0.25, 0.3) is 0 Å². The molecular formula is C20H17N3O5S. The van der Waals surface area contributed by atoms with Crippen molar-refractivity contribution in [2.24, 2.45) is 0 Å². The number of nitro benzene ring substituents is 1. The lowest BCUT2D eigenvalue weighted by Crippen LogP contribution is -2.22. The van der Waals surface area contributed by atoms with E-state index in [1.807, 2.05) is 30.3 Å². The zero-order valence-corrected chi connectivity index (χ0v) is 15.9. The highest BCUT2D eigenvalue weighted by Crippen LogP contribution is 2.19. The van der Waals surface area contributed by atoms with Gasteiger partial charge in [-0.3, -0.25) is 19.6 Å². The van der Waals surface area contributed by atoms with E-state index in [-0.39, 0.29) is 22.2 Å². The average molecular weight is 411 g/mol. The standard InChI is InChI=1S/C20H17N3O5S/c24-20(21-14-15-4-2-1-3-5-15)16-6-8-17(9-7-16)22-29(27,28)19-12-10-18(11-13-19)23(25)26/h1-13,22H,14H2,(H,21,24). The van der Waals surface area contributed by atoms with Crippen molar-refractivity contribution in [3.8, 4) is 0 Å². The number of nitro groups is 1. The van der Waals surface area contributed by atoms with Crippen molar-refractivity contribution < 1.29 is 18.1 Å². The van der Waals surface area contributed by atoms with Crippen LogP contribution in [-0.2, 0) is 16.6 Å². The minimum atomic E-state index is -3.91. The van der Waals surface area contributed by atoms with Gasteiger partial charge in [0.2, 0.25) is 0 Å². The Hall–Kier alpha value is -3.72. The van der Waals surface area contributed by atoms with Crippen molar-refractivity contribution >= 4 is 27.3 Å². The van der Waals surface area contributed by atoms with E-state index < -0.39 is 14.9 Å². The number of benzene rings is 3. The second kappa shape index (κ2) is 8.53. The molecule has 0 saturated heterocycles. The number of carbonyl (C=O) groups is 1. The molecule has 148 valence electrons. The molecule has 1 amide bonds. The molecule has 0 unspecified atom stereocenters. The Bertz CT molecular complexity index is 1110. The van der Waals surface area contributed by atoms with E-state index >= 15 is 0 Å². The zero-order valence-electron chi connectivity index (χ0n) is 15.1. The van der Waals surface area contributed by atoms with Gasteiger partial charge in [0.25, 0.3) is 21.6 Å². The van der Waals surface area contributed by atoms with Crippen molar-refractivity contribution in [2.45, 2.75) is 11.4 Å². The fraction of sp³-hybridized carbons (Fsp3) is 0.0500. The molecule has 0 heterocycles. The number of hydrogen-bond donors (Lipinski definition) is 2. The molecule has 29 heavy (non-hydrogen) atoms. The number of hydrogen-bond acceptors (Lipinski definition) is 5. The van der Waals surface area contributed by atoms with Crippen LogP contribution in [0, 0.1) is 10.1 Å². The third-order valence-electron chi connectivity index (χ3n) is 4.05. The molecular weight excluding hydrogens is 394 g/mol. The highest BCUT2D eigenvalue weighted by atomic mass is 32.2. The number of amides is 1. The van der Waals surface area contributed by atoms with Crippen molar-refractivity contribution in [3.05, 3.63) is 100 Å². The van der Waals surface area contributed by atoms with Crippen LogP contribution in [0.2, 0.25) is 0 Å². The van der Waals surface area contributed by atoms with Crippen LogP contribution in [0.3, 0.4) is 0 Å². The summed E-state index contributed by atoms with van der Waals surface area (Å²) in [5.74, 6) is -0.279. The Morgan fingerprint density at radius 1 is 0.897 bits per heavy atom. The number of non-ortho nitro benzene ring substituents is 1.